The summed E-state index contributed by atoms with van der Waals surface area (Å²) in [5, 5.41) is 2.83. The van der Waals surface area contributed by atoms with Crippen molar-refractivity contribution >= 4 is 11.8 Å². The first-order valence-corrected chi connectivity index (χ1v) is 8.20. The molecule has 1 aliphatic heterocycles. The topological polar surface area (TPSA) is 49.4 Å². The molecule has 1 atom stereocenters. The van der Waals surface area contributed by atoms with E-state index in [0.717, 1.165) is 31.5 Å². The Labute approximate surface area is 132 Å². The number of amides is 2. The molecule has 1 aliphatic rings. The maximum atomic E-state index is 12.3. The van der Waals surface area contributed by atoms with E-state index >= 15 is 0 Å². The van der Waals surface area contributed by atoms with Gasteiger partial charge in [0.15, 0.2) is 0 Å². The summed E-state index contributed by atoms with van der Waals surface area (Å²) in [4.78, 5) is 26.1. The quantitative estimate of drug-likeness (QED) is 0.908. The average molecular weight is 302 g/mol. The van der Waals surface area contributed by atoms with Crippen molar-refractivity contribution in [3.05, 3.63) is 35.4 Å². The Morgan fingerprint density at radius 3 is 2.41 bits per heavy atom. The minimum absolute atomic E-state index is 0.0448. The fraction of sp³-hybridized carbons (Fsp3) is 0.556. The maximum absolute atomic E-state index is 12.3. The highest BCUT2D eigenvalue weighted by atomic mass is 16.2. The van der Waals surface area contributed by atoms with Crippen molar-refractivity contribution in [3.8, 4) is 0 Å². The zero-order chi connectivity index (χ0) is 15.9. The van der Waals surface area contributed by atoms with Gasteiger partial charge in [0.25, 0.3) is 0 Å². The number of carbonyl (C=O) groups is 2. The second-order valence-corrected chi connectivity index (χ2v) is 6.16. The van der Waals surface area contributed by atoms with Crippen molar-refractivity contribution in [2.75, 3.05) is 13.1 Å². The van der Waals surface area contributed by atoms with Gasteiger partial charge in [-0.25, -0.2) is 0 Å². The van der Waals surface area contributed by atoms with Crippen LogP contribution in [0, 0.1) is 6.92 Å². The number of nitrogens with zero attached hydrogens (tertiary/aromatic N) is 1. The van der Waals surface area contributed by atoms with Gasteiger partial charge in [0.1, 0.15) is 6.04 Å². The van der Waals surface area contributed by atoms with Crippen LogP contribution in [0.5, 0.6) is 0 Å². The van der Waals surface area contributed by atoms with Crippen molar-refractivity contribution in [2.24, 2.45) is 0 Å². The number of benzene rings is 1. The van der Waals surface area contributed by atoms with Crippen LogP contribution in [-0.4, -0.2) is 35.8 Å². The molecule has 0 bridgehead atoms. The van der Waals surface area contributed by atoms with Crippen molar-refractivity contribution in [3.63, 3.8) is 0 Å². The fourth-order valence-corrected chi connectivity index (χ4v) is 2.78. The first-order chi connectivity index (χ1) is 10.6. The molecule has 0 saturated carbocycles. The van der Waals surface area contributed by atoms with Crippen LogP contribution in [0.15, 0.2) is 24.3 Å². The average Bonchev–Trinajstić information content (AvgIpc) is 2.54. The van der Waals surface area contributed by atoms with Gasteiger partial charge in [-0.2, -0.15) is 0 Å². The Hall–Kier alpha value is -1.84. The molecule has 1 aromatic rings. The lowest BCUT2D eigenvalue weighted by atomic mass is 10.1. The van der Waals surface area contributed by atoms with Crippen molar-refractivity contribution in [2.45, 2.75) is 52.0 Å². The molecular weight excluding hydrogens is 276 g/mol. The molecule has 1 unspecified atom stereocenters. The zero-order valence-electron chi connectivity index (χ0n) is 13.6. The Kier molecular flexibility index (Phi) is 5.99. The highest BCUT2D eigenvalue weighted by Crippen LogP contribution is 2.10. The van der Waals surface area contributed by atoms with Gasteiger partial charge in [-0.05, 0) is 45.1 Å². The van der Waals surface area contributed by atoms with Crippen LogP contribution in [0.25, 0.3) is 0 Å². The van der Waals surface area contributed by atoms with Crippen LogP contribution < -0.4 is 5.32 Å². The van der Waals surface area contributed by atoms with Gasteiger partial charge >= 0.3 is 0 Å². The Balaban J connectivity index is 1.75. The molecule has 0 radical (unpaired) electrons. The van der Waals surface area contributed by atoms with Crippen LogP contribution in [0.4, 0.5) is 0 Å². The van der Waals surface area contributed by atoms with Gasteiger partial charge < -0.3 is 10.2 Å². The largest absolute Gasteiger partial charge is 0.345 e. The molecule has 2 amide bonds. The first kappa shape index (κ1) is 16.5. The minimum Gasteiger partial charge on any atom is -0.345 e. The van der Waals surface area contributed by atoms with E-state index in [1.807, 2.05) is 24.0 Å². The van der Waals surface area contributed by atoms with E-state index in [4.69, 9.17) is 0 Å². The number of hydrogen-bond donors (Lipinski definition) is 1. The lowest BCUT2D eigenvalue weighted by molar-refractivity contribution is -0.136. The number of carbonyl (C=O) groups excluding carboxylic acids is 2. The van der Waals surface area contributed by atoms with E-state index in [9.17, 15) is 9.59 Å². The van der Waals surface area contributed by atoms with E-state index in [1.54, 1.807) is 6.92 Å². The van der Waals surface area contributed by atoms with Gasteiger partial charge in [-0.15, -0.1) is 0 Å². The second kappa shape index (κ2) is 7.97. The van der Waals surface area contributed by atoms with Crippen LogP contribution in [0.1, 0.15) is 43.7 Å². The molecule has 4 heteroatoms. The maximum Gasteiger partial charge on any atom is 0.244 e. The lowest BCUT2D eigenvalue weighted by Crippen LogP contribution is -2.48. The molecule has 1 N–H and O–H groups in total. The molecular formula is C18H26N2O2. The predicted octanol–water partition coefficient (Wildman–Crippen LogP) is 2.44. The summed E-state index contributed by atoms with van der Waals surface area (Å²) in [7, 11) is 0. The molecule has 120 valence electrons. The van der Waals surface area contributed by atoms with E-state index < -0.39 is 6.04 Å². The summed E-state index contributed by atoms with van der Waals surface area (Å²) >= 11 is 0. The van der Waals surface area contributed by atoms with Gasteiger partial charge in [0.2, 0.25) is 11.8 Å². The first-order valence-electron chi connectivity index (χ1n) is 8.20. The van der Waals surface area contributed by atoms with Crippen LogP contribution in [0.2, 0.25) is 0 Å². The molecule has 1 fully saturated rings. The van der Waals surface area contributed by atoms with E-state index in [1.165, 1.54) is 12.0 Å². The molecule has 0 spiro atoms. The molecule has 2 rings (SSSR count). The van der Waals surface area contributed by atoms with Crippen LogP contribution >= 0.6 is 0 Å². The number of piperidine rings is 1. The molecule has 4 nitrogen and oxygen atoms in total. The Morgan fingerprint density at radius 2 is 1.77 bits per heavy atom. The minimum atomic E-state index is -0.427. The summed E-state index contributed by atoms with van der Waals surface area (Å²) in [6.45, 7) is 5.47. The summed E-state index contributed by atoms with van der Waals surface area (Å²) in [5.41, 5.74) is 2.37. The van der Waals surface area contributed by atoms with Crippen LogP contribution in [-0.2, 0) is 16.0 Å². The second-order valence-electron chi connectivity index (χ2n) is 6.16. The molecule has 1 saturated heterocycles. The third-order valence-electron chi connectivity index (χ3n) is 4.18. The summed E-state index contributed by atoms with van der Waals surface area (Å²) in [5.74, 6) is -0.0122. The van der Waals surface area contributed by atoms with E-state index in [0.29, 0.717) is 12.8 Å². The Morgan fingerprint density at radius 1 is 1.14 bits per heavy atom. The van der Waals surface area contributed by atoms with E-state index in [2.05, 4.69) is 17.4 Å². The molecule has 1 aromatic carbocycles. The fourth-order valence-electron chi connectivity index (χ4n) is 2.78. The van der Waals surface area contributed by atoms with Gasteiger partial charge in [-0.1, -0.05) is 29.8 Å². The summed E-state index contributed by atoms with van der Waals surface area (Å²) < 4.78 is 0. The number of aryl methyl sites for hydroxylation is 2. The lowest BCUT2D eigenvalue weighted by Gasteiger charge is -2.29. The number of rotatable bonds is 5. The van der Waals surface area contributed by atoms with Crippen molar-refractivity contribution in [1.29, 1.82) is 0 Å². The van der Waals surface area contributed by atoms with Gasteiger partial charge in [-0.3, -0.25) is 9.59 Å². The standard InChI is InChI=1S/C18H26N2O2/c1-14-6-8-16(9-7-14)10-11-17(21)19-15(2)18(22)20-12-4-3-5-13-20/h6-9,15H,3-5,10-13H2,1-2H3,(H,19,21). The molecule has 0 aliphatic carbocycles. The SMILES string of the molecule is Cc1ccc(CCC(=O)NC(C)C(=O)N2CCCCC2)cc1. The van der Waals surface area contributed by atoms with Crippen LogP contribution in [0.3, 0.4) is 0 Å². The number of nitrogens with one attached hydrogen (secondary N) is 1. The zero-order valence-corrected chi connectivity index (χ0v) is 13.6. The highest BCUT2D eigenvalue weighted by Gasteiger charge is 2.23. The summed E-state index contributed by atoms with van der Waals surface area (Å²) in [6, 6.07) is 7.77. The third-order valence-corrected chi connectivity index (χ3v) is 4.18. The van der Waals surface area contributed by atoms with Crippen molar-refractivity contribution in [1.82, 2.24) is 10.2 Å². The highest BCUT2D eigenvalue weighted by molar-refractivity contribution is 5.87. The monoisotopic (exact) mass is 302 g/mol. The Bertz CT molecular complexity index is 504. The molecule has 0 aromatic heterocycles. The van der Waals surface area contributed by atoms with Gasteiger partial charge in [0, 0.05) is 19.5 Å². The van der Waals surface area contributed by atoms with E-state index in [-0.39, 0.29) is 11.8 Å². The number of hydrogen-bond acceptors (Lipinski definition) is 2. The summed E-state index contributed by atoms with van der Waals surface area (Å²) in [6.07, 6.45) is 4.46. The molecule has 1 heterocycles. The smallest absolute Gasteiger partial charge is 0.244 e. The molecule has 22 heavy (non-hydrogen) atoms. The predicted molar refractivity (Wildman–Crippen MR) is 87.5 cm³/mol. The number of likely N-dealkylation sites (tertiary alicyclic amines) is 1. The van der Waals surface area contributed by atoms with Gasteiger partial charge in [0.05, 0.1) is 0 Å². The van der Waals surface area contributed by atoms with Crippen molar-refractivity contribution < 1.29 is 9.59 Å². The normalized spacial score (nSPS) is 16.2. The third kappa shape index (κ3) is 4.86.